The van der Waals surface area contributed by atoms with E-state index < -0.39 is 0 Å². The lowest BCUT2D eigenvalue weighted by Gasteiger charge is -2.50. The minimum absolute atomic E-state index is 0.516. The molecule has 0 radical (unpaired) electrons. The Hall–Kier alpha value is -1.65. The zero-order valence-electron chi connectivity index (χ0n) is 17.5. The van der Waals surface area contributed by atoms with E-state index in [1.54, 1.807) is 5.56 Å². The zero-order chi connectivity index (χ0) is 19.1. The van der Waals surface area contributed by atoms with Crippen LogP contribution in [0.15, 0.2) is 36.5 Å². The van der Waals surface area contributed by atoms with E-state index in [1.165, 1.54) is 69.5 Å². The van der Waals surface area contributed by atoms with Crippen LogP contribution in [0.4, 0.5) is 0 Å². The van der Waals surface area contributed by atoms with Crippen LogP contribution >= 0.6 is 0 Å². The Morgan fingerprint density at radius 2 is 1.86 bits per heavy atom. The van der Waals surface area contributed by atoms with E-state index in [0.29, 0.717) is 11.3 Å². The fourth-order valence-corrected chi connectivity index (χ4v) is 5.69. The van der Waals surface area contributed by atoms with Crippen LogP contribution in [0, 0.1) is 12.3 Å². The van der Waals surface area contributed by atoms with E-state index in [-0.39, 0.29) is 0 Å². The van der Waals surface area contributed by atoms with Crippen LogP contribution in [0.25, 0.3) is 0 Å². The molecule has 4 nitrogen and oxygen atoms in total. The van der Waals surface area contributed by atoms with Gasteiger partial charge in [0.25, 0.3) is 0 Å². The molecule has 1 saturated carbocycles. The molecule has 1 aliphatic carbocycles. The summed E-state index contributed by atoms with van der Waals surface area (Å²) in [6.07, 6.45) is 9.10. The topological polar surface area (TPSA) is 24.3 Å². The number of piperidine rings is 2. The minimum Gasteiger partial charge on any atom is -0.299 e. The van der Waals surface area contributed by atoms with Gasteiger partial charge < -0.3 is 0 Å². The second-order valence-corrected chi connectivity index (χ2v) is 9.66. The molecule has 3 heterocycles. The summed E-state index contributed by atoms with van der Waals surface area (Å²) in [4.78, 5) is 5.50. The van der Waals surface area contributed by atoms with Crippen molar-refractivity contribution in [1.82, 2.24) is 19.6 Å². The smallest absolute Gasteiger partial charge is 0.0638 e. The van der Waals surface area contributed by atoms with Gasteiger partial charge in [0.05, 0.1) is 5.69 Å². The van der Waals surface area contributed by atoms with Crippen LogP contribution in [0.5, 0.6) is 0 Å². The summed E-state index contributed by atoms with van der Waals surface area (Å²) in [5.74, 6) is 0.711. The molecule has 2 aromatic rings. The third-order valence-corrected chi connectivity index (χ3v) is 7.43. The highest BCUT2D eigenvalue weighted by Crippen LogP contribution is 2.47. The van der Waals surface area contributed by atoms with Crippen molar-refractivity contribution < 1.29 is 0 Å². The maximum Gasteiger partial charge on any atom is 0.0638 e. The van der Waals surface area contributed by atoms with Crippen molar-refractivity contribution in [2.45, 2.75) is 57.5 Å². The average Bonchev–Trinajstić information content (AvgIpc) is 3.50. The van der Waals surface area contributed by atoms with Crippen LogP contribution in [-0.2, 0) is 13.6 Å². The summed E-state index contributed by atoms with van der Waals surface area (Å²) in [6, 6.07) is 12.2. The van der Waals surface area contributed by atoms with Crippen LogP contribution in [0.3, 0.4) is 0 Å². The van der Waals surface area contributed by atoms with E-state index in [0.717, 1.165) is 12.6 Å². The molecule has 4 heteroatoms. The SMILES string of the molecule is Cc1nn(C)cc1CN1CCC2(CC1)C[C@@H](c1ccccc1)CN(C1CC1)C2. The maximum atomic E-state index is 4.52. The number of hydrogen-bond donors (Lipinski definition) is 0. The molecule has 1 atom stereocenters. The summed E-state index contributed by atoms with van der Waals surface area (Å²) in [5.41, 5.74) is 4.65. The van der Waals surface area contributed by atoms with Gasteiger partial charge in [-0.05, 0) is 69.0 Å². The molecule has 1 aromatic carbocycles. The first-order valence-electron chi connectivity index (χ1n) is 11.1. The molecule has 2 aliphatic heterocycles. The van der Waals surface area contributed by atoms with Gasteiger partial charge in [-0.15, -0.1) is 0 Å². The first-order valence-corrected chi connectivity index (χ1v) is 11.1. The number of aromatic nitrogens is 2. The quantitative estimate of drug-likeness (QED) is 0.805. The number of aryl methyl sites for hydroxylation is 2. The van der Waals surface area contributed by atoms with Crippen LogP contribution < -0.4 is 0 Å². The van der Waals surface area contributed by atoms with Gasteiger partial charge in [0.1, 0.15) is 0 Å². The molecule has 3 fully saturated rings. The molecule has 0 amide bonds. The third-order valence-electron chi connectivity index (χ3n) is 7.43. The van der Waals surface area contributed by atoms with Crippen molar-refractivity contribution >= 4 is 0 Å². The van der Waals surface area contributed by atoms with Gasteiger partial charge in [0.2, 0.25) is 0 Å². The summed E-state index contributed by atoms with van der Waals surface area (Å²) in [6.45, 7) is 8.27. The number of nitrogens with zero attached hydrogens (tertiary/aromatic N) is 4. The number of benzene rings is 1. The van der Waals surface area contributed by atoms with Gasteiger partial charge in [0, 0.05) is 44.5 Å². The molecule has 3 aliphatic rings. The van der Waals surface area contributed by atoms with E-state index in [9.17, 15) is 0 Å². The van der Waals surface area contributed by atoms with Gasteiger partial charge in [0.15, 0.2) is 0 Å². The van der Waals surface area contributed by atoms with E-state index in [4.69, 9.17) is 0 Å². The van der Waals surface area contributed by atoms with Gasteiger partial charge in [-0.25, -0.2) is 0 Å². The summed E-state index contributed by atoms with van der Waals surface area (Å²) >= 11 is 0. The molecule has 5 rings (SSSR count). The molecule has 2 saturated heterocycles. The van der Waals surface area contributed by atoms with Crippen LogP contribution in [0.2, 0.25) is 0 Å². The van der Waals surface area contributed by atoms with Crippen molar-refractivity contribution in [1.29, 1.82) is 0 Å². The average molecular weight is 379 g/mol. The van der Waals surface area contributed by atoms with Crippen molar-refractivity contribution in [3.05, 3.63) is 53.3 Å². The third kappa shape index (κ3) is 3.77. The monoisotopic (exact) mass is 378 g/mol. The molecular weight excluding hydrogens is 344 g/mol. The van der Waals surface area contributed by atoms with Crippen LogP contribution in [0.1, 0.15) is 54.8 Å². The van der Waals surface area contributed by atoms with E-state index >= 15 is 0 Å². The summed E-state index contributed by atoms with van der Waals surface area (Å²) in [7, 11) is 2.03. The van der Waals surface area contributed by atoms with Crippen molar-refractivity contribution in [3.63, 3.8) is 0 Å². The number of rotatable bonds is 4. The van der Waals surface area contributed by atoms with Crippen molar-refractivity contribution in [2.75, 3.05) is 26.2 Å². The highest BCUT2D eigenvalue weighted by molar-refractivity contribution is 5.22. The zero-order valence-corrected chi connectivity index (χ0v) is 17.5. The summed E-state index contributed by atoms with van der Waals surface area (Å²) in [5, 5.41) is 4.52. The maximum absolute atomic E-state index is 4.52. The predicted octanol–water partition coefficient (Wildman–Crippen LogP) is 3.96. The predicted molar refractivity (Wildman–Crippen MR) is 113 cm³/mol. The molecular formula is C24H34N4. The van der Waals surface area contributed by atoms with Gasteiger partial charge in [-0.3, -0.25) is 14.5 Å². The second-order valence-electron chi connectivity index (χ2n) is 9.66. The first kappa shape index (κ1) is 18.4. The lowest BCUT2D eigenvalue weighted by Crippen LogP contribution is -2.52. The standard InChI is InChI=1S/C24H34N4/c1-19-22(15-26(2)25-19)16-27-12-10-24(11-13-27)14-21(20-6-4-3-5-7-20)17-28(18-24)23-8-9-23/h3-7,15,21,23H,8-14,16-18H2,1-2H3/t21-/m1/s1. The van der Waals surface area contributed by atoms with Gasteiger partial charge in [-0.1, -0.05) is 30.3 Å². The fraction of sp³-hybridized carbons (Fsp3) is 0.625. The first-order chi connectivity index (χ1) is 13.6. The number of hydrogen-bond acceptors (Lipinski definition) is 3. The molecule has 1 aromatic heterocycles. The van der Waals surface area contributed by atoms with Crippen LogP contribution in [-0.4, -0.2) is 51.8 Å². The van der Waals surface area contributed by atoms with Gasteiger partial charge >= 0.3 is 0 Å². The fourth-order valence-electron chi connectivity index (χ4n) is 5.69. The Morgan fingerprint density at radius 3 is 2.50 bits per heavy atom. The Labute approximate surface area is 169 Å². The molecule has 0 N–H and O–H groups in total. The van der Waals surface area contributed by atoms with Gasteiger partial charge in [-0.2, -0.15) is 5.10 Å². The second kappa shape index (κ2) is 7.31. The Kier molecular flexibility index (Phi) is 4.80. The van der Waals surface area contributed by atoms with Crippen molar-refractivity contribution in [2.24, 2.45) is 12.5 Å². The normalized spacial score (nSPS) is 26.0. The largest absolute Gasteiger partial charge is 0.299 e. The molecule has 150 valence electrons. The summed E-state index contributed by atoms with van der Waals surface area (Å²) < 4.78 is 1.95. The Bertz CT molecular complexity index is 799. The lowest BCUT2D eigenvalue weighted by atomic mass is 9.68. The molecule has 0 bridgehead atoms. The molecule has 0 unspecified atom stereocenters. The molecule has 28 heavy (non-hydrogen) atoms. The number of likely N-dealkylation sites (tertiary alicyclic amines) is 2. The van der Waals surface area contributed by atoms with Crippen molar-refractivity contribution in [3.8, 4) is 0 Å². The highest BCUT2D eigenvalue weighted by atomic mass is 15.3. The Morgan fingerprint density at radius 1 is 1.11 bits per heavy atom. The minimum atomic E-state index is 0.516. The Balaban J connectivity index is 1.28. The molecule has 1 spiro atoms. The lowest BCUT2D eigenvalue weighted by molar-refractivity contribution is 0.00826. The van der Waals surface area contributed by atoms with E-state index in [1.807, 2.05) is 11.7 Å². The van der Waals surface area contributed by atoms with E-state index in [2.05, 4.69) is 58.4 Å². The highest BCUT2D eigenvalue weighted by Gasteiger charge is 2.45.